The Hall–Kier alpha value is -2.74. The van der Waals surface area contributed by atoms with Crippen LogP contribution in [-0.4, -0.2) is 4.92 Å². The van der Waals surface area contributed by atoms with E-state index in [-0.39, 0.29) is 17.1 Å². The first-order chi connectivity index (χ1) is 9.47. The summed E-state index contributed by atoms with van der Waals surface area (Å²) >= 11 is 0. The fourth-order valence-electron chi connectivity index (χ4n) is 1.66. The summed E-state index contributed by atoms with van der Waals surface area (Å²) in [4.78, 5) is 10.2. The molecule has 0 aromatic heterocycles. The topological polar surface area (TPSA) is 93.2 Å². The summed E-state index contributed by atoms with van der Waals surface area (Å²) in [7, 11) is 0. The van der Waals surface area contributed by atoms with Crippen molar-refractivity contribution in [1.82, 2.24) is 0 Å². The molecule has 6 nitrogen and oxygen atoms in total. The quantitative estimate of drug-likeness (QED) is 0.455. The van der Waals surface area contributed by atoms with Crippen LogP contribution < -0.4 is 16.6 Å². The van der Waals surface area contributed by atoms with E-state index in [1.807, 2.05) is 0 Å². The number of nitrogens with two attached hydrogens (primary N) is 1. The normalized spacial score (nSPS) is 10.2. The largest absolute Gasteiger partial charge is 0.355 e. The van der Waals surface area contributed by atoms with Crippen molar-refractivity contribution in [2.24, 2.45) is 5.84 Å². The number of nitrogen functional groups attached to an aromatic ring is 1. The van der Waals surface area contributed by atoms with Crippen LogP contribution in [-0.2, 0) is 0 Å². The number of hydrazine groups is 1. The predicted octanol–water partition coefficient (Wildman–Crippen LogP) is 2.90. The van der Waals surface area contributed by atoms with E-state index in [1.165, 1.54) is 18.2 Å². The molecule has 0 aliphatic rings. The molecule has 2 aromatic rings. The van der Waals surface area contributed by atoms with Crippen molar-refractivity contribution in [2.75, 3.05) is 10.7 Å². The van der Waals surface area contributed by atoms with Crippen molar-refractivity contribution in [1.29, 1.82) is 0 Å². The maximum atomic E-state index is 13.1. The molecule has 0 atom stereocenters. The van der Waals surface area contributed by atoms with Crippen LogP contribution in [0.2, 0.25) is 0 Å². The first kappa shape index (κ1) is 13.7. The van der Waals surface area contributed by atoms with Crippen LogP contribution in [0.1, 0.15) is 0 Å². The molecule has 0 unspecified atom stereocenters. The van der Waals surface area contributed by atoms with Crippen LogP contribution in [0, 0.1) is 21.7 Å². The number of nitrogens with zero attached hydrogens (tertiary/aromatic N) is 1. The van der Waals surface area contributed by atoms with Gasteiger partial charge in [0.15, 0.2) is 0 Å². The van der Waals surface area contributed by atoms with Gasteiger partial charge < -0.3 is 10.7 Å². The van der Waals surface area contributed by atoms with Gasteiger partial charge in [-0.05, 0) is 18.2 Å². The highest BCUT2D eigenvalue weighted by Crippen LogP contribution is 2.27. The molecule has 0 saturated carbocycles. The Labute approximate surface area is 112 Å². The molecule has 0 amide bonds. The molecular formula is C12H10F2N4O2. The molecule has 104 valence electrons. The van der Waals surface area contributed by atoms with Gasteiger partial charge in [-0.15, -0.1) is 0 Å². The smallest absolute Gasteiger partial charge is 0.273 e. The summed E-state index contributed by atoms with van der Waals surface area (Å²) in [5.74, 6) is 3.70. The molecule has 0 aliphatic heterocycles. The van der Waals surface area contributed by atoms with Crippen LogP contribution in [0.3, 0.4) is 0 Å². The number of nitro groups is 1. The molecular weight excluding hydrogens is 270 g/mol. The van der Waals surface area contributed by atoms with Crippen LogP contribution in [0.15, 0.2) is 36.4 Å². The summed E-state index contributed by atoms with van der Waals surface area (Å²) in [6.45, 7) is 0. The lowest BCUT2D eigenvalue weighted by molar-refractivity contribution is -0.384. The maximum Gasteiger partial charge on any atom is 0.273 e. The zero-order valence-electron chi connectivity index (χ0n) is 10.1. The van der Waals surface area contributed by atoms with Gasteiger partial charge in [0, 0.05) is 29.6 Å². The lowest BCUT2D eigenvalue weighted by Gasteiger charge is -2.09. The van der Waals surface area contributed by atoms with E-state index in [4.69, 9.17) is 5.84 Å². The van der Waals surface area contributed by atoms with Crippen LogP contribution in [0.5, 0.6) is 0 Å². The van der Waals surface area contributed by atoms with E-state index in [0.29, 0.717) is 5.69 Å². The van der Waals surface area contributed by atoms with Gasteiger partial charge in [0.25, 0.3) is 5.69 Å². The minimum Gasteiger partial charge on any atom is -0.355 e. The molecule has 0 bridgehead atoms. The molecule has 2 rings (SSSR count). The molecule has 8 heteroatoms. The number of halogens is 2. The Balaban J connectivity index is 2.37. The van der Waals surface area contributed by atoms with Crippen molar-refractivity contribution < 1.29 is 13.7 Å². The van der Waals surface area contributed by atoms with Gasteiger partial charge in [0.05, 0.1) is 10.6 Å². The van der Waals surface area contributed by atoms with Crippen molar-refractivity contribution in [3.05, 3.63) is 58.1 Å². The van der Waals surface area contributed by atoms with E-state index in [1.54, 1.807) is 0 Å². The van der Waals surface area contributed by atoms with E-state index in [0.717, 1.165) is 18.2 Å². The van der Waals surface area contributed by atoms with E-state index < -0.39 is 16.6 Å². The molecule has 20 heavy (non-hydrogen) atoms. The number of hydrogen-bond donors (Lipinski definition) is 3. The highest BCUT2D eigenvalue weighted by Gasteiger charge is 2.10. The van der Waals surface area contributed by atoms with E-state index in [9.17, 15) is 18.9 Å². The van der Waals surface area contributed by atoms with Crippen molar-refractivity contribution >= 4 is 22.7 Å². The summed E-state index contributed by atoms with van der Waals surface area (Å²) in [5, 5.41) is 13.4. The predicted molar refractivity (Wildman–Crippen MR) is 70.5 cm³/mol. The number of nitrogens with one attached hydrogen (secondary N) is 2. The minimum atomic E-state index is -0.755. The number of nitro benzene ring substituents is 1. The van der Waals surface area contributed by atoms with E-state index in [2.05, 4.69) is 10.7 Å². The zero-order chi connectivity index (χ0) is 14.7. The van der Waals surface area contributed by atoms with Crippen molar-refractivity contribution in [3.63, 3.8) is 0 Å². The third kappa shape index (κ3) is 3.18. The Bertz CT molecular complexity index is 644. The number of non-ortho nitro benzene ring substituents is 1. The first-order valence-corrected chi connectivity index (χ1v) is 5.47. The van der Waals surface area contributed by atoms with Gasteiger partial charge in [-0.3, -0.25) is 16.0 Å². The van der Waals surface area contributed by atoms with Gasteiger partial charge in [0.2, 0.25) is 0 Å². The average Bonchev–Trinajstić information content (AvgIpc) is 2.36. The molecule has 0 saturated heterocycles. The number of rotatable bonds is 4. The second kappa shape index (κ2) is 5.49. The van der Waals surface area contributed by atoms with Crippen molar-refractivity contribution in [2.45, 2.75) is 0 Å². The Kier molecular flexibility index (Phi) is 3.76. The SMILES string of the molecule is NNc1cc(Nc2cc(F)cc(F)c2)cc([N+](=O)[O-])c1. The lowest BCUT2D eigenvalue weighted by atomic mass is 10.2. The molecule has 0 aliphatic carbocycles. The zero-order valence-corrected chi connectivity index (χ0v) is 10.1. The Morgan fingerprint density at radius 2 is 1.50 bits per heavy atom. The molecule has 4 N–H and O–H groups in total. The fraction of sp³-hybridized carbons (Fsp3) is 0. The second-order valence-electron chi connectivity index (χ2n) is 3.95. The summed E-state index contributed by atoms with van der Waals surface area (Å²) < 4.78 is 26.1. The highest BCUT2D eigenvalue weighted by molar-refractivity contribution is 5.68. The minimum absolute atomic E-state index is 0.131. The van der Waals surface area contributed by atoms with Crippen molar-refractivity contribution in [3.8, 4) is 0 Å². The van der Waals surface area contributed by atoms with E-state index >= 15 is 0 Å². The summed E-state index contributed by atoms with van der Waals surface area (Å²) in [6, 6.07) is 6.79. The van der Waals surface area contributed by atoms with Gasteiger partial charge in [0.1, 0.15) is 11.6 Å². The van der Waals surface area contributed by atoms with Gasteiger partial charge >= 0.3 is 0 Å². The maximum absolute atomic E-state index is 13.1. The third-order valence-electron chi connectivity index (χ3n) is 2.45. The Morgan fingerprint density at radius 3 is 2.05 bits per heavy atom. The standard InChI is InChI=1S/C12H10F2N4O2/c13-7-1-8(14)3-9(2-7)16-10-4-11(17-15)6-12(5-10)18(19)20/h1-6,16-17H,15H2. The number of hydrogen-bond acceptors (Lipinski definition) is 5. The second-order valence-corrected chi connectivity index (χ2v) is 3.95. The third-order valence-corrected chi connectivity index (χ3v) is 2.45. The molecule has 0 spiro atoms. The number of benzene rings is 2. The number of anilines is 3. The van der Waals surface area contributed by atoms with Crippen LogP contribution in [0.4, 0.5) is 31.5 Å². The Morgan fingerprint density at radius 1 is 0.950 bits per heavy atom. The summed E-state index contributed by atoms with van der Waals surface area (Å²) in [6.07, 6.45) is 0. The van der Waals surface area contributed by atoms with Gasteiger partial charge in [-0.25, -0.2) is 8.78 Å². The lowest BCUT2D eigenvalue weighted by Crippen LogP contribution is -2.07. The molecule has 2 aromatic carbocycles. The average molecular weight is 280 g/mol. The van der Waals surface area contributed by atoms with Crippen LogP contribution in [0.25, 0.3) is 0 Å². The molecule has 0 radical (unpaired) electrons. The fourth-order valence-corrected chi connectivity index (χ4v) is 1.66. The van der Waals surface area contributed by atoms with Crippen LogP contribution >= 0.6 is 0 Å². The molecule has 0 fully saturated rings. The summed E-state index contributed by atoms with van der Waals surface area (Å²) in [5.41, 5.74) is 2.77. The van der Waals surface area contributed by atoms with Gasteiger partial charge in [-0.1, -0.05) is 0 Å². The monoisotopic (exact) mass is 280 g/mol. The molecule has 0 heterocycles. The van der Waals surface area contributed by atoms with Gasteiger partial charge in [-0.2, -0.15) is 0 Å². The first-order valence-electron chi connectivity index (χ1n) is 5.47. The highest BCUT2D eigenvalue weighted by atomic mass is 19.1.